The van der Waals surface area contributed by atoms with E-state index in [0.29, 0.717) is 19.3 Å². The molecular weight excluding hydrogens is 459 g/mol. The number of pyridine rings is 2. The van der Waals surface area contributed by atoms with Crippen LogP contribution in [-0.2, 0) is 12.6 Å². The summed E-state index contributed by atoms with van der Waals surface area (Å²) < 4.78 is 69.1. The van der Waals surface area contributed by atoms with Crippen molar-refractivity contribution in [2.45, 2.75) is 37.5 Å². The van der Waals surface area contributed by atoms with Gasteiger partial charge >= 0.3 is 12.2 Å². The molecule has 11 heteroatoms. The summed E-state index contributed by atoms with van der Waals surface area (Å²) in [6.45, 7) is 0. The number of nitrogens with zero attached hydrogens (tertiary/aromatic N) is 2. The van der Waals surface area contributed by atoms with Gasteiger partial charge < -0.3 is 15.2 Å². The van der Waals surface area contributed by atoms with Crippen LogP contribution in [0.5, 0.6) is 0 Å². The number of anilines is 1. The number of hydrogen-bond donors (Lipinski definition) is 2. The van der Waals surface area contributed by atoms with Gasteiger partial charge in [-0.25, -0.2) is 13.6 Å². The Kier molecular flexibility index (Phi) is 5.14. The largest absolute Gasteiger partial charge is 0.417 e. The second-order valence-electron chi connectivity index (χ2n) is 8.33. The number of carbonyl (C=O) groups is 1. The topological polar surface area (TPSA) is 78.1 Å². The summed E-state index contributed by atoms with van der Waals surface area (Å²) in [5.41, 5.74) is -1.14. The van der Waals surface area contributed by atoms with E-state index in [1.165, 1.54) is 11.0 Å². The molecule has 1 fully saturated rings. The minimum absolute atomic E-state index is 0.209. The molecule has 1 aromatic carbocycles. The number of benzene rings is 1. The van der Waals surface area contributed by atoms with E-state index < -0.39 is 40.7 Å². The van der Waals surface area contributed by atoms with Crippen molar-refractivity contribution in [3.8, 4) is 11.1 Å². The van der Waals surface area contributed by atoms with Gasteiger partial charge in [0, 0.05) is 30.1 Å². The van der Waals surface area contributed by atoms with Crippen molar-refractivity contribution in [3.05, 3.63) is 81.5 Å². The molecule has 2 amide bonds. The van der Waals surface area contributed by atoms with Crippen LogP contribution >= 0.6 is 0 Å². The fourth-order valence-corrected chi connectivity index (χ4v) is 4.84. The van der Waals surface area contributed by atoms with Gasteiger partial charge in [-0.1, -0.05) is 0 Å². The molecule has 2 aliphatic heterocycles. The van der Waals surface area contributed by atoms with Crippen LogP contribution in [0.4, 0.5) is 32.4 Å². The lowest BCUT2D eigenvalue weighted by atomic mass is 9.95. The van der Waals surface area contributed by atoms with Gasteiger partial charge in [0.05, 0.1) is 23.5 Å². The van der Waals surface area contributed by atoms with Gasteiger partial charge in [-0.2, -0.15) is 13.2 Å². The zero-order valence-electron chi connectivity index (χ0n) is 17.4. The molecule has 0 aliphatic carbocycles. The maximum atomic E-state index is 14.7. The Balaban J connectivity index is 1.50. The van der Waals surface area contributed by atoms with E-state index in [0.717, 1.165) is 35.7 Å². The van der Waals surface area contributed by atoms with Gasteiger partial charge in [0.15, 0.2) is 0 Å². The van der Waals surface area contributed by atoms with Gasteiger partial charge in [0.2, 0.25) is 5.56 Å². The second kappa shape index (κ2) is 7.93. The summed E-state index contributed by atoms with van der Waals surface area (Å²) in [4.78, 5) is 32.5. The molecule has 2 aliphatic rings. The number of amides is 2. The Morgan fingerprint density at radius 1 is 1.12 bits per heavy atom. The van der Waals surface area contributed by atoms with Crippen molar-refractivity contribution in [3.63, 3.8) is 0 Å². The number of aromatic nitrogens is 2. The first-order valence-electron chi connectivity index (χ1n) is 10.4. The van der Waals surface area contributed by atoms with Crippen molar-refractivity contribution in [2.24, 2.45) is 0 Å². The van der Waals surface area contributed by atoms with Crippen molar-refractivity contribution < 1.29 is 26.7 Å². The van der Waals surface area contributed by atoms with Gasteiger partial charge in [-0.15, -0.1) is 0 Å². The van der Waals surface area contributed by atoms with Crippen LogP contribution < -0.4 is 10.9 Å². The van der Waals surface area contributed by atoms with Gasteiger partial charge in [0.1, 0.15) is 11.6 Å². The van der Waals surface area contributed by atoms with Crippen LogP contribution in [0.15, 0.2) is 47.7 Å². The van der Waals surface area contributed by atoms with Crippen LogP contribution in [0.2, 0.25) is 0 Å². The number of fused-ring (bicyclic) bond motifs is 4. The molecule has 2 unspecified atom stereocenters. The van der Waals surface area contributed by atoms with Crippen LogP contribution in [0.1, 0.15) is 35.6 Å². The summed E-state index contributed by atoms with van der Waals surface area (Å²) in [5.74, 6) is -2.13. The summed E-state index contributed by atoms with van der Waals surface area (Å²) >= 11 is 0. The van der Waals surface area contributed by atoms with Gasteiger partial charge in [0.25, 0.3) is 0 Å². The standard InChI is InChI=1S/C23H17F5N4O2/c24-13-3-12(8-29-9-13)15-6-19(18(25)7-17(15)23(26,27)28)31-22(34)32-14-1-2-20(32)16-10-30-21(33)5-11(16)4-14/h3,5-10,14,20H,1-2,4H2,(H,30,33)(H,31,34). The van der Waals surface area contributed by atoms with E-state index >= 15 is 0 Å². The molecule has 2 bridgehead atoms. The van der Waals surface area contributed by atoms with E-state index in [9.17, 15) is 31.5 Å². The Labute approximate surface area is 189 Å². The highest BCUT2D eigenvalue weighted by molar-refractivity contribution is 5.91. The highest BCUT2D eigenvalue weighted by Crippen LogP contribution is 2.44. The number of carbonyl (C=O) groups excluding carboxylic acids is 1. The third-order valence-corrected chi connectivity index (χ3v) is 6.27. The number of H-pyrrole nitrogens is 1. The first-order valence-corrected chi connectivity index (χ1v) is 10.4. The SMILES string of the molecule is O=C(Nc1cc(-c2cncc(F)c2)c(C(F)(F)F)cc1F)N1C2CCC1c1c[nH]c(=O)cc1C2. The number of nitrogens with one attached hydrogen (secondary N) is 2. The minimum Gasteiger partial charge on any atom is -0.329 e. The molecule has 5 rings (SSSR count). The Hall–Kier alpha value is -3.76. The number of urea groups is 1. The molecule has 0 saturated carbocycles. The van der Waals surface area contributed by atoms with Crippen LogP contribution in [0, 0.1) is 11.6 Å². The highest BCUT2D eigenvalue weighted by Gasteiger charge is 2.43. The Morgan fingerprint density at radius 2 is 1.91 bits per heavy atom. The maximum Gasteiger partial charge on any atom is 0.417 e. The molecular formula is C23H17F5N4O2. The molecule has 2 N–H and O–H groups in total. The molecule has 2 atom stereocenters. The molecule has 6 nitrogen and oxygen atoms in total. The number of rotatable bonds is 2. The summed E-state index contributed by atoms with van der Waals surface area (Å²) in [7, 11) is 0. The van der Waals surface area contributed by atoms with Crippen molar-refractivity contribution in [1.29, 1.82) is 0 Å². The molecule has 2 aromatic heterocycles. The summed E-state index contributed by atoms with van der Waals surface area (Å²) in [5, 5.41) is 2.38. The predicted molar refractivity (Wildman–Crippen MR) is 112 cm³/mol. The quantitative estimate of drug-likeness (QED) is 0.510. The van der Waals surface area contributed by atoms with Crippen molar-refractivity contribution in [1.82, 2.24) is 14.9 Å². The number of alkyl halides is 3. The Bertz CT molecular complexity index is 1350. The molecule has 0 spiro atoms. The minimum atomic E-state index is -4.92. The van der Waals surface area contributed by atoms with E-state index in [1.54, 1.807) is 6.20 Å². The highest BCUT2D eigenvalue weighted by atomic mass is 19.4. The van der Waals surface area contributed by atoms with Gasteiger partial charge in [-0.05, 0) is 54.2 Å². The maximum absolute atomic E-state index is 14.7. The summed E-state index contributed by atoms with van der Waals surface area (Å²) in [6.07, 6.45) is 0.234. The third kappa shape index (κ3) is 3.80. The van der Waals surface area contributed by atoms with E-state index in [4.69, 9.17) is 0 Å². The second-order valence-corrected chi connectivity index (χ2v) is 8.33. The number of halogens is 5. The first kappa shape index (κ1) is 22.1. The zero-order chi connectivity index (χ0) is 24.2. The summed E-state index contributed by atoms with van der Waals surface area (Å²) in [6, 6.07) is 2.20. The molecule has 4 heterocycles. The van der Waals surface area contributed by atoms with Crippen LogP contribution in [0.25, 0.3) is 11.1 Å². The normalized spacial score (nSPS) is 19.1. The molecule has 3 aromatic rings. The number of aromatic amines is 1. The Morgan fingerprint density at radius 3 is 2.65 bits per heavy atom. The average Bonchev–Trinajstić information content (AvgIpc) is 3.09. The molecule has 34 heavy (non-hydrogen) atoms. The number of hydrogen-bond acceptors (Lipinski definition) is 3. The van der Waals surface area contributed by atoms with Crippen LogP contribution in [0.3, 0.4) is 0 Å². The fraction of sp³-hybridized carbons (Fsp3) is 0.261. The smallest absolute Gasteiger partial charge is 0.329 e. The predicted octanol–water partition coefficient (Wildman–Crippen LogP) is 5.03. The lowest BCUT2D eigenvalue weighted by molar-refractivity contribution is -0.137. The monoisotopic (exact) mass is 476 g/mol. The lowest BCUT2D eigenvalue weighted by Gasteiger charge is -2.36. The average molecular weight is 476 g/mol. The van der Waals surface area contributed by atoms with E-state index in [-0.39, 0.29) is 29.3 Å². The van der Waals surface area contributed by atoms with E-state index in [2.05, 4.69) is 15.3 Å². The van der Waals surface area contributed by atoms with Crippen LogP contribution in [-0.4, -0.2) is 26.9 Å². The molecule has 1 saturated heterocycles. The van der Waals surface area contributed by atoms with E-state index in [1.807, 2.05) is 0 Å². The lowest BCUT2D eigenvalue weighted by Crippen LogP contribution is -2.44. The molecule has 0 radical (unpaired) electrons. The zero-order valence-corrected chi connectivity index (χ0v) is 17.4. The fourth-order valence-electron chi connectivity index (χ4n) is 4.84. The third-order valence-electron chi connectivity index (χ3n) is 6.27. The van der Waals surface area contributed by atoms with Crippen molar-refractivity contribution >= 4 is 11.7 Å². The van der Waals surface area contributed by atoms with Crippen molar-refractivity contribution in [2.75, 3.05) is 5.32 Å². The first-order chi connectivity index (χ1) is 16.1. The van der Waals surface area contributed by atoms with Gasteiger partial charge in [-0.3, -0.25) is 9.78 Å². The molecule has 176 valence electrons.